The largest absolute Gasteiger partial charge is 0.352 e. The molecule has 0 aliphatic heterocycles. The fourth-order valence-corrected chi connectivity index (χ4v) is 7.23. The Labute approximate surface area is 348 Å². The number of benzene rings is 6. The molecule has 8 nitrogen and oxygen atoms in total. The second-order valence-corrected chi connectivity index (χ2v) is 12.9. The number of hydrogen-bond donors (Lipinski definition) is 0. The third kappa shape index (κ3) is 7.51. The van der Waals surface area contributed by atoms with E-state index in [4.69, 9.17) is 16.0 Å². The Bertz CT molecular complexity index is 2970. The Morgan fingerprint density at radius 1 is 0.536 bits per heavy atom. The zero-order valence-electron chi connectivity index (χ0n) is 29.5. The van der Waals surface area contributed by atoms with Gasteiger partial charge in [0.1, 0.15) is 5.82 Å². The van der Waals surface area contributed by atoms with Gasteiger partial charge in [-0.15, -0.1) is 41.3 Å². The maximum atomic E-state index is 6.75. The van der Waals surface area contributed by atoms with Crippen LogP contribution in [0.2, 0.25) is 0 Å². The van der Waals surface area contributed by atoms with Crippen molar-refractivity contribution in [1.82, 2.24) is 19.1 Å². The Hall–Kier alpha value is -6.29. The first-order valence-electron chi connectivity index (χ1n) is 17.4. The van der Waals surface area contributed by atoms with E-state index < -0.39 is 0 Å². The van der Waals surface area contributed by atoms with E-state index >= 15 is 0 Å². The first-order chi connectivity index (χ1) is 27.2. The molecule has 274 valence electrons. The molecule has 4 aromatic heterocycles. The second-order valence-electron chi connectivity index (χ2n) is 12.4. The van der Waals surface area contributed by atoms with Gasteiger partial charge in [0.25, 0.3) is 0 Å². The molecular formula is C46H29N8Pt2-. The molecule has 0 saturated heterocycles. The molecule has 0 atom stereocenters. The molecule has 0 aliphatic carbocycles. The van der Waals surface area contributed by atoms with E-state index in [-0.39, 0.29) is 21.1 Å². The average molecular weight is 1080 g/mol. The molecule has 0 N–H and O–H groups in total. The van der Waals surface area contributed by atoms with Gasteiger partial charge in [-0.2, -0.15) is 6.07 Å². The van der Waals surface area contributed by atoms with Gasteiger partial charge in [0.2, 0.25) is 0 Å². The molecule has 10 rings (SSSR count). The first kappa shape index (κ1) is 38.0. The molecule has 0 bridgehead atoms. The smallest absolute Gasteiger partial charge is 0.136 e. The quantitative estimate of drug-likeness (QED) is 0.0741. The van der Waals surface area contributed by atoms with Crippen molar-refractivity contribution in [3.8, 4) is 33.9 Å². The molecule has 6 aromatic carbocycles. The summed E-state index contributed by atoms with van der Waals surface area (Å²) in [4.78, 5) is 11.0. The van der Waals surface area contributed by atoms with Gasteiger partial charge in [-0.25, -0.2) is 4.98 Å². The van der Waals surface area contributed by atoms with Crippen LogP contribution >= 0.6 is 0 Å². The van der Waals surface area contributed by atoms with Crippen LogP contribution in [0, 0.1) is 12.1 Å². The second kappa shape index (κ2) is 17.4. The van der Waals surface area contributed by atoms with Crippen LogP contribution in [0.4, 0.5) is 5.69 Å². The molecule has 0 aliphatic rings. The summed E-state index contributed by atoms with van der Waals surface area (Å²) in [5, 5.41) is 4.63. The van der Waals surface area contributed by atoms with Crippen molar-refractivity contribution in [1.29, 1.82) is 0 Å². The van der Waals surface area contributed by atoms with E-state index in [9.17, 15) is 0 Å². The Morgan fingerprint density at radius 2 is 1.12 bits per heavy atom. The third-order valence-electron chi connectivity index (χ3n) is 9.25. The summed E-state index contributed by atoms with van der Waals surface area (Å²) in [6.07, 6.45) is 3.72. The molecule has 0 radical (unpaired) electrons. The maximum absolute atomic E-state index is 6.75. The molecule has 4 heterocycles. The molecule has 0 spiro atoms. The average Bonchev–Trinajstić information content (AvgIpc) is 3.77. The Kier molecular flexibility index (Phi) is 11.8. The van der Waals surface area contributed by atoms with Crippen molar-refractivity contribution in [2.75, 3.05) is 0 Å². The van der Waals surface area contributed by atoms with Crippen molar-refractivity contribution in [2.45, 2.75) is 0 Å². The number of para-hydroxylation sites is 2. The van der Waals surface area contributed by atoms with Crippen LogP contribution in [0.25, 0.3) is 93.5 Å². The van der Waals surface area contributed by atoms with E-state index in [2.05, 4.69) is 139 Å². The molecule has 10 aromatic rings. The van der Waals surface area contributed by atoms with Gasteiger partial charge in [-0.1, -0.05) is 95.5 Å². The number of pyridine rings is 2. The summed E-state index contributed by atoms with van der Waals surface area (Å²) in [7, 11) is 0. The van der Waals surface area contributed by atoms with Crippen LogP contribution in [0.1, 0.15) is 0 Å². The van der Waals surface area contributed by atoms with E-state index in [0.717, 1.165) is 72.4 Å². The SMILES string of the molecule is [N-]=[N+]=[N-].[Pt+2].[Pt]=[N]c1ccccc1.[c-]1c(-c2ccccn2)ccc2c3ccccc3n(-c3[c-]c4c(cc3)c3ccccc3n4-c3cc(-c4ccccc4)ccn3)c12. The first-order valence-corrected chi connectivity index (χ1v) is 18.4. The summed E-state index contributed by atoms with van der Waals surface area (Å²) in [5.41, 5.74) is 23.8. The summed E-state index contributed by atoms with van der Waals surface area (Å²) in [6.45, 7) is 0. The molecule has 10 heteroatoms. The normalized spacial score (nSPS) is 10.5. The standard InChI is InChI=1S/C40H24N4.C6H5N.N3.2Pt/c1-2-10-27(11-3-1)28-21-23-42-40(25-28)44-37-16-7-5-13-32(37)34-20-18-30(26-39(34)44)43-36-15-6-4-12-31(36)33-19-17-29(24-38(33)43)35-14-8-9-22-41-35;7-6-4-2-1-3-5-6;1-3-2;;/h1-23,25H;1-5H;;;/q-2;;-1;;+2. The topological polar surface area (TPSA) is 107 Å². The zero-order valence-corrected chi connectivity index (χ0v) is 34.0. The zero-order chi connectivity index (χ0) is 37.6. The monoisotopic (exact) mass is 1080 g/mol. The number of nitrogens with zero attached hydrogens (tertiary/aromatic N) is 8. The van der Waals surface area contributed by atoms with Crippen molar-refractivity contribution < 1.29 is 40.7 Å². The van der Waals surface area contributed by atoms with E-state index in [1.165, 1.54) is 15.7 Å². The fraction of sp³-hybridized carbons (Fsp3) is 0. The molecule has 56 heavy (non-hydrogen) atoms. The number of hydrogen-bond acceptors (Lipinski definition) is 3. The van der Waals surface area contributed by atoms with Crippen LogP contribution in [0.15, 0.2) is 180 Å². The van der Waals surface area contributed by atoms with Crippen LogP contribution in [0.3, 0.4) is 0 Å². The van der Waals surface area contributed by atoms with Crippen LogP contribution < -0.4 is 0 Å². The van der Waals surface area contributed by atoms with Crippen molar-refractivity contribution in [2.24, 2.45) is 3.50 Å². The van der Waals surface area contributed by atoms with Gasteiger partial charge in [0.15, 0.2) is 0 Å². The van der Waals surface area contributed by atoms with Gasteiger partial charge in [-0.3, -0.25) is 4.91 Å². The van der Waals surface area contributed by atoms with Gasteiger partial charge in [-0.05, 0) is 63.4 Å². The number of fused-ring (bicyclic) bond motifs is 6. The molecule has 0 fully saturated rings. The third-order valence-corrected chi connectivity index (χ3v) is 9.84. The van der Waals surface area contributed by atoms with Gasteiger partial charge in [0.05, 0.1) is 0 Å². The number of aromatic nitrogens is 4. The molecular weight excluding hydrogens is 1050 g/mol. The van der Waals surface area contributed by atoms with E-state index in [0.29, 0.717) is 0 Å². The van der Waals surface area contributed by atoms with Crippen molar-refractivity contribution in [3.63, 3.8) is 0 Å². The van der Waals surface area contributed by atoms with Gasteiger partial charge < -0.3 is 25.2 Å². The molecule has 0 unspecified atom stereocenters. The van der Waals surface area contributed by atoms with Crippen LogP contribution in [-0.2, 0) is 40.7 Å². The Morgan fingerprint density at radius 3 is 1.77 bits per heavy atom. The van der Waals surface area contributed by atoms with Gasteiger partial charge >= 0.3 is 80.2 Å². The summed E-state index contributed by atoms with van der Waals surface area (Å²) in [5.74, 6) is 0.858. The minimum absolute atomic E-state index is 0. The van der Waals surface area contributed by atoms with E-state index in [1.807, 2.05) is 86.6 Å². The fourth-order valence-electron chi connectivity index (χ4n) is 6.89. The minimum atomic E-state index is 0. The minimum Gasteiger partial charge on any atom is -0.352 e. The van der Waals surface area contributed by atoms with Crippen molar-refractivity contribution in [3.05, 3.63) is 204 Å². The van der Waals surface area contributed by atoms with Crippen LogP contribution in [-0.4, -0.2) is 19.1 Å². The predicted molar refractivity (Wildman–Crippen MR) is 218 cm³/mol. The summed E-state index contributed by atoms with van der Waals surface area (Å²) < 4.78 is 8.45. The van der Waals surface area contributed by atoms with Crippen molar-refractivity contribution >= 4 is 49.3 Å². The molecule has 0 amide bonds. The Balaban J connectivity index is 0.000000352. The predicted octanol–water partition coefficient (Wildman–Crippen LogP) is 12.5. The summed E-state index contributed by atoms with van der Waals surface area (Å²) in [6, 6.07) is 63.7. The van der Waals surface area contributed by atoms with Crippen LogP contribution in [0.5, 0.6) is 0 Å². The van der Waals surface area contributed by atoms with E-state index in [1.54, 1.807) is 0 Å². The maximum Gasteiger partial charge on any atom is 0.136 e. The number of rotatable bonds is 5. The summed E-state index contributed by atoms with van der Waals surface area (Å²) >= 11 is 1.96. The molecule has 0 saturated carbocycles. The van der Waals surface area contributed by atoms with Gasteiger partial charge in [0, 0.05) is 23.4 Å².